The second-order valence-corrected chi connectivity index (χ2v) is 3.78. The lowest BCUT2D eigenvalue weighted by Gasteiger charge is -1.94. The van der Waals surface area contributed by atoms with E-state index in [1.54, 1.807) is 10.8 Å². The second kappa shape index (κ2) is 5.93. The number of carbonyl (C=O) groups is 2. The van der Waals surface area contributed by atoms with Crippen LogP contribution in [-0.2, 0) is 4.79 Å². The topological polar surface area (TPSA) is 66.4 Å². The number of thiophene rings is 1. The van der Waals surface area contributed by atoms with Gasteiger partial charge in [0, 0.05) is 36.2 Å². The standard InChI is InChI=1S/C11H11NO3S/c1-8(13)12-5-3-2-4-9-6-16-7-10(9)11(14)15/h6-7H,3,5H2,1H3,(H,12,13)(H,14,15). The van der Waals surface area contributed by atoms with E-state index in [2.05, 4.69) is 17.2 Å². The molecule has 1 amide bonds. The van der Waals surface area contributed by atoms with Crippen LogP contribution in [0.25, 0.3) is 0 Å². The van der Waals surface area contributed by atoms with Gasteiger partial charge in [0.2, 0.25) is 5.91 Å². The maximum Gasteiger partial charge on any atom is 0.337 e. The van der Waals surface area contributed by atoms with Gasteiger partial charge in [-0.2, -0.15) is 11.3 Å². The molecule has 0 radical (unpaired) electrons. The Morgan fingerprint density at radius 3 is 2.88 bits per heavy atom. The van der Waals surface area contributed by atoms with Crippen molar-refractivity contribution in [3.63, 3.8) is 0 Å². The summed E-state index contributed by atoms with van der Waals surface area (Å²) in [7, 11) is 0. The maximum absolute atomic E-state index is 10.7. The van der Waals surface area contributed by atoms with Gasteiger partial charge in [-0.3, -0.25) is 4.79 Å². The summed E-state index contributed by atoms with van der Waals surface area (Å²) in [5.41, 5.74) is 0.761. The minimum Gasteiger partial charge on any atom is -0.478 e. The summed E-state index contributed by atoms with van der Waals surface area (Å²) in [4.78, 5) is 21.3. The van der Waals surface area contributed by atoms with E-state index in [1.165, 1.54) is 18.3 Å². The molecule has 1 rings (SSSR count). The number of carboxylic acids is 1. The van der Waals surface area contributed by atoms with Crippen molar-refractivity contribution in [2.75, 3.05) is 6.54 Å². The molecule has 84 valence electrons. The number of hydrogen-bond donors (Lipinski definition) is 2. The van der Waals surface area contributed by atoms with Gasteiger partial charge in [0.05, 0.1) is 5.56 Å². The van der Waals surface area contributed by atoms with Crippen LogP contribution in [0.3, 0.4) is 0 Å². The maximum atomic E-state index is 10.7. The highest BCUT2D eigenvalue weighted by Gasteiger charge is 2.08. The summed E-state index contributed by atoms with van der Waals surface area (Å²) in [5.74, 6) is 4.53. The van der Waals surface area contributed by atoms with E-state index in [0.717, 1.165) is 0 Å². The SMILES string of the molecule is CC(=O)NCCC#Cc1cscc1C(=O)O. The van der Waals surface area contributed by atoms with Crippen LogP contribution in [0, 0.1) is 11.8 Å². The molecular formula is C11H11NO3S. The van der Waals surface area contributed by atoms with E-state index in [4.69, 9.17) is 5.11 Å². The van der Waals surface area contributed by atoms with Crippen molar-refractivity contribution < 1.29 is 14.7 Å². The van der Waals surface area contributed by atoms with Gasteiger partial charge in [-0.05, 0) is 0 Å². The summed E-state index contributed by atoms with van der Waals surface area (Å²) < 4.78 is 0. The van der Waals surface area contributed by atoms with Gasteiger partial charge < -0.3 is 10.4 Å². The van der Waals surface area contributed by atoms with Gasteiger partial charge in [0.25, 0.3) is 0 Å². The van der Waals surface area contributed by atoms with Crippen LogP contribution < -0.4 is 5.32 Å². The molecule has 0 aromatic carbocycles. The Hall–Kier alpha value is -1.80. The van der Waals surface area contributed by atoms with Gasteiger partial charge in [0.15, 0.2) is 0 Å². The first-order chi connectivity index (χ1) is 7.61. The summed E-state index contributed by atoms with van der Waals surface area (Å²) in [6.45, 7) is 1.92. The highest BCUT2D eigenvalue weighted by Crippen LogP contribution is 2.13. The van der Waals surface area contributed by atoms with Crippen LogP contribution in [0.15, 0.2) is 10.8 Å². The first-order valence-electron chi connectivity index (χ1n) is 4.64. The molecule has 4 nitrogen and oxygen atoms in total. The monoisotopic (exact) mass is 237 g/mol. The lowest BCUT2D eigenvalue weighted by Crippen LogP contribution is -2.20. The third-order valence-electron chi connectivity index (χ3n) is 1.74. The summed E-state index contributed by atoms with van der Waals surface area (Å²) in [6, 6.07) is 0. The fraction of sp³-hybridized carbons (Fsp3) is 0.273. The van der Waals surface area contributed by atoms with E-state index in [-0.39, 0.29) is 11.5 Å². The Bertz CT molecular complexity index is 453. The molecule has 0 fully saturated rings. The largest absolute Gasteiger partial charge is 0.478 e. The molecule has 0 aliphatic carbocycles. The summed E-state index contributed by atoms with van der Waals surface area (Å²) >= 11 is 1.31. The fourth-order valence-corrected chi connectivity index (χ4v) is 1.77. The molecule has 0 unspecified atom stereocenters. The van der Waals surface area contributed by atoms with Gasteiger partial charge in [-0.25, -0.2) is 4.79 Å². The predicted octanol–water partition coefficient (Wildman–Crippen LogP) is 1.32. The van der Waals surface area contributed by atoms with Crippen LogP contribution in [0.5, 0.6) is 0 Å². The normalized spacial score (nSPS) is 9.06. The zero-order chi connectivity index (χ0) is 12.0. The van der Waals surface area contributed by atoms with Crippen LogP contribution >= 0.6 is 11.3 Å². The van der Waals surface area contributed by atoms with Crippen LogP contribution in [0.2, 0.25) is 0 Å². The van der Waals surface area contributed by atoms with E-state index in [9.17, 15) is 9.59 Å². The lowest BCUT2D eigenvalue weighted by atomic mass is 10.2. The average molecular weight is 237 g/mol. The number of carbonyl (C=O) groups excluding carboxylic acids is 1. The number of aromatic carboxylic acids is 1. The van der Waals surface area contributed by atoms with Gasteiger partial charge >= 0.3 is 5.97 Å². The van der Waals surface area contributed by atoms with E-state index >= 15 is 0 Å². The Morgan fingerprint density at radius 1 is 1.50 bits per heavy atom. The molecule has 0 saturated heterocycles. The van der Waals surface area contributed by atoms with Gasteiger partial charge in [0.1, 0.15) is 0 Å². The highest BCUT2D eigenvalue weighted by atomic mass is 32.1. The summed E-state index contributed by atoms with van der Waals surface area (Å²) in [6.07, 6.45) is 0.508. The molecule has 0 aliphatic heterocycles. The Labute approximate surface area is 97.3 Å². The van der Waals surface area contributed by atoms with Crippen molar-refractivity contribution in [3.8, 4) is 11.8 Å². The van der Waals surface area contributed by atoms with Crippen LogP contribution in [-0.4, -0.2) is 23.5 Å². The minimum absolute atomic E-state index is 0.0939. The average Bonchev–Trinajstić information content (AvgIpc) is 2.65. The first kappa shape index (κ1) is 12.3. The van der Waals surface area contributed by atoms with Crippen LogP contribution in [0.1, 0.15) is 29.3 Å². The quantitative estimate of drug-likeness (QED) is 0.615. The molecule has 0 spiro atoms. The van der Waals surface area contributed by atoms with Gasteiger partial charge in [-0.1, -0.05) is 11.8 Å². The molecule has 16 heavy (non-hydrogen) atoms. The Morgan fingerprint density at radius 2 is 2.25 bits per heavy atom. The molecule has 0 saturated carbocycles. The number of hydrogen-bond acceptors (Lipinski definition) is 3. The number of amides is 1. The van der Waals surface area contributed by atoms with E-state index in [0.29, 0.717) is 18.5 Å². The Kier molecular flexibility index (Phi) is 4.55. The van der Waals surface area contributed by atoms with Crippen molar-refractivity contribution in [3.05, 3.63) is 21.9 Å². The van der Waals surface area contributed by atoms with Crippen molar-refractivity contribution in [1.82, 2.24) is 5.32 Å². The molecule has 5 heteroatoms. The minimum atomic E-state index is -0.965. The predicted molar refractivity (Wildman–Crippen MR) is 61.5 cm³/mol. The van der Waals surface area contributed by atoms with Gasteiger partial charge in [-0.15, -0.1) is 0 Å². The molecule has 1 aromatic heterocycles. The van der Waals surface area contributed by atoms with Crippen molar-refractivity contribution in [2.45, 2.75) is 13.3 Å². The summed E-state index contributed by atoms with van der Waals surface area (Å²) in [5, 5.41) is 14.7. The third kappa shape index (κ3) is 3.75. The highest BCUT2D eigenvalue weighted by molar-refractivity contribution is 7.08. The smallest absolute Gasteiger partial charge is 0.337 e. The number of carboxylic acid groups (broad SMARTS) is 1. The molecule has 1 aromatic rings. The van der Waals surface area contributed by atoms with E-state index in [1.807, 2.05) is 0 Å². The third-order valence-corrected chi connectivity index (χ3v) is 2.48. The number of rotatable bonds is 3. The molecule has 0 aliphatic rings. The first-order valence-corrected chi connectivity index (χ1v) is 5.58. The van der Waals surface area contributed by atoms with Crippen molar-refractivity contribution in [1.29, 1.82) is 0 Å². The Balaban J connectivity index is 2.53. The molecule has 1 heterocycles. The zero-order valence-corrected chi connectivity index (χ0v) is 9.56. The molecular weight excluding hydrogens is 226 g/mol. The molecule has 0 atom stereocenters. The molecule has 0 bridgehead atoms. The lowest BCUT2D eigenvalue weighted by molar-refractivity contribution is -0.118. The van der Waals surface area contributed by atoms with Crippen molar-refractivity contribution in [2.24, 2.45) is 0 Å². The second-order valence-electron chi connectivity index (χ2n) is 3.04. The van der Waals surface area contributed by atoms with Crippen LogP contribution in [0.4, 0.5) is 0 Å². The van der Waals surface area contributed by atoms with E-state index < -0.39 is 5.97 Å². The molecule has 2 N–H and O–H groups in total. The van der Waals surface area contributed by atoms with Crippen molar-refractivity contribution >= 4 is 23.2 Å². The fourth-order valence-electron chi connectivity index (χ4n) is 1.02. The zero-order valence-electron chi connectivity index (χ0n) is 8.74. The number of nitrogens with one attached hydrogen (secondary N) is 1.